The van der Waals surface area contributed by atoms with Crippen molar-refractivity contribution in [3.8, 4) is 11.8 Å². The van der Waals surface area contributed by atoms with Gasteiger partial charge in [-0.2, -0.15) is 10.4 Å². The predicted octanol–water partition coefficient (Wildman–Crippen LogP) is 3.06. The maximum Gasteiger partial charge on any atom is 0.222 e. The Hall–Kier alpha value is -3.42. The minimum Gasteiger partial charge on any atom is -0.489 e. The lowest BCUT2D eigenvalue weighted by Crippen LogP contribution is -2.61. The Kier molecular flexibility index (Phi) is 6.22. The fourth-order valence-corrected chi connectivity index (χ4v) is 5.50. The number of hydrogen-bond donors (Lipinski definition) is 1. The van der Waals surface area contributed by atoms with E-state index in [-0.39, 0.29) is 24.1 Å². The number of rotatable bonds is 4. The van der Waals surface area contributed by atoms with Gasteiger partial charge in [0.2, 0.25) is 5.91 Å². The third-order valence-corrected chi connectivity index (χ3v) is 7.48. The lowest BCUT2D eigenvalue weighted by atomic mass is 9.97. The second-order valence-corrected chi connectivity index (χ2v) is 9.98. The molecule has 36 heavy (non-hydrogen) atoms. The number of anilines is 1. The van der Waals surface area contributed by atoms with Crippen molar-refractivity contribution in [2.24, 2.45) is 0 Å². The Labute approximate surface area is 214 Å². The number of nitriles is 1. The molecule has 10 nitrogen and oxygen atoms in total. The van der Waals surface area contributed by atoms with Crippen LogP contribution in [0.4, 0.5) is 5.82 Å². The normalized spacial score (nSPS) is 19.2. The van der Waals surface area contributed by atoms with Gasteiger partial charge in [0, 0.05) is 49.8 Å². The Balaban J connectivity index is 1.57. The molecule has 0 aliphatic carbocycles. The summed E-state index contributed by atoms with van der Waals surface area (Å²) in [5.74, 6) is 1.20. The summed E-state index contributed by atoms with van der Waals surface area (Å²) < 4.78 is 8.29. The highest BCUT2D eigenvalue weighted by atomic mass is 35.5. The van der Waals surface area contributed by atoms with E-state index in [1.54, 1.807) is 10.7 Å². The maximum absolute atomic E-state index is 12.1. The van der Waals surface area contributed by atoms with Crippen molar-refractivity contribution in [2.75, 3.05) is 25.4 Å². The summed E-state index contributed by atoms with van der Waals surface area (Å²) in [7, 11) is 0. The van der Waals surface area contributed by atoms with Crippen LogP contribution in [0.2, 0.25) is 5.02 Å². The van der Waals surface area contributed by atoms with Gasteiger partial charge in [-0.05, 0) is 26.8 Å². The van der Waals surface area contributed by atoms with Crippen LogP contribution in [0, 0.1) is 18.3 Å². The molecule has 0 saturated carbocycles. The van der Waals surface area contributed by atoms with Crippen LogP contribution in [0.5, 0.6) is 5.75 Å². The first-order chi connectivity index (χ1) is 17.2. The van der Waals surface area contributed by atoms with Crippen molar-refractivity contribution in [2.45, 2.75) is 58.8 Å². The van der Waals surface area contributed by atoms with E-state index in [0.717, 1.165) is 16.8 Å². The summed E-state index contributed by atoms with van der Waals surface area (Å²) in [4.78, 5) is 24.8. The molecule has 2 aliphatic rings. The minimum atomic E-state index is -0.297. The molecule has 2 aromatic heterocycles. The number of likely N-dealkylation sites (tertiary alicyclic amines) is 1. The lowest BCUT2D eigenvalue weighted by Gasteiger charge is -2.45. The zero-order valence-corrected chi connectivity index (χ0v) is 21.6. The molecule has 0 spiro atoms. The lowest BCUT2D eigenvalue weighted by molar-refractivity contribution is -0.138. The number of fused-ring (bicyclic) bond motifs is 2. The summed E-state index contributed by atoms with van der Waals surface area (Å²) >= 11 is 6.67. The second-order valence-electron chi connectivity index (χ2n) is 9.57. The SMILES string of the molecule is CCC(=O)N1CC(N2Cc3c(C#N)c(Cl)cc(C(C)n4nc(C)c5c(N)ncnc54)c3O[C@@H](C)C2)C1. The number of hydrogen-bond acceptors (Lipinski definition) is 8. The maximum atomic E-state index is 12.1. The molecule has 2 aliphatic heterocycles. The molecule has 1 saturated heterocycles. The van der Waals surface area contributed by atoms with Crippen LogP contribution in [0.15, 0.2) is 12.4 Å². The average Bonchev–Trinajstić information content (AvgIpc) is 3.06. The molecule has 1 amide bonds. The number of aryl methyl sites for hydroxylation is 1. The molecule has 3 aromatic rings. The fourth-order valence-electron chi connectivity index (χ4n) is 5.23. The standard InChI is InChI=1S/C25H29ClN8O2/c1-5-21(35)33-9-16(10-33)32-8-13(2)36-23-17(6-20(26)18(7-27)19(23)11-32)15(4)34-25-22(14(3)31-34)24(28)29-12-30-25/h6,12-13,15-16H,5,8-11H2,1-4H3,(H2,28,29,30)/t13-,15?/m0/s1. The molecule has 1 unspecified atom stereocenters. The number of nitrogens with two attached hydrogens (primary N) is 1. The van der Waals surface area contributed by atoms with Crippen molar-refractivity contribution in [1.29, 1.82) is 5.26 Å². The zero-order valence-electron chi connectivity index (χ0n) is 20.8. The monoisotopic (exact) mass is 508 g/mol. The summed E-state index contributed by atoms with van der Waals surface area (Å²) in [5.41, 5.74) is 9.46. The van der Waals surface area contributed by atoms with Crippen LogP contribution in [-0.4, -0.2) is 67.2 Å². The van der Waals surface area contributed by atoms with E-state index in [2.05, 4.69) is 20.9 Å². The molecule has 2 N–H and O–H groups in total. The largest absolute Gasteiger partial charge is 0.489 e. The smallest absolute Gasteiger partial charge is 0.222 e. The topological polar surface area (TPSA) is 126 Å². The number of ether oxygens (including phenoxy) is 1. The van der Waals surface area contributed by atoms with Gasteiger partial charge in [-0.15, -0.1) is 0 Å². The molecule has 1 aromatic carbocycles. The van der Waals surface area contributed by atoms with E-state index >= 15 is 0 Å². The van der Waals surface area contributed by atoms with Crippen LogP contribution in [0.1, 0.15) is 55.6 Å². The second kappa shape index (κ2) is 9.22. The first-order valence-corrected chi connectivity index (χ1v) is 12.5. The Morgan fingerprint density at radius 1 is 1.36 bits per heavy atom. The van der Waals surface area contributed by atoms with Crippen LogP contribution >= 0.6 is 11.6 Å². The van der Waals surface area contributed by atoms with E-state index in [9.17, 15) is 10.1 Å². The average molecular weight is 509 g/mol. The summed E-state index contributed by atoms with van der Waals surface area (Å²) in [6.45, 7) is 10.3. The molecule has 5 rings (SSSR count). The first-order valence-electron chi connectivity index (χ1n) is 12.1. The highest BCUT2D eigenvalue weighted by Crippen LogP contribution is 2.41. The Morgan fingerprint density at radius 3 is 2.81 bits per heavy atom. The quantitative estimate of drug-likeness (QED) is 0.569. The molecule has 4 heterocycles. The Morgan fingerprint density at radius 2 is 2.11 bits per heavy atom. The summed E-state index contributed by atoms with van der Waals surface area (Å²) in [5, 5.41) is 15.8. The molecule has 188 valence electrons. The van der Waals surface area contributed by atoms with E-state index in [1.165, 1.54) is 6.33 Å². The van der Waals surface area contributed by atoms with Gasteiger partial charge in [0.25, 0.3) is 0 Å². The van der Waals surface area contributed by atoms with Crippen molar-refractivity contribution < 1.29 is 9.53 Å². The first kappa shape index (κ1) is 24.3. The molecular weight excluding hydrogens is 480 g/mol. The molecule has 11 heteroatoms. The predicted molar refractivity (Wildman–Crippen MR) is 136 cm³/mol. The van der Waals surface area contributed by atoms with E-state index in [0.29, 0.717) is 65.8 Å². The number of amides is 1. The van der Waals surface area contributed by atoms with Crippen LogP contribution in [-0.2, 0) is 11.3 Å². The van der Waals surface area contributed by atoms with Gasteiger partial charge in [-0.25, -0.2) is 14.6 Å². The summed E-state index contributed by atoms with van der Waals surface area (Å²) in [6, 6.07) is 3.99. The van der Waals surface area contributed by atoms with Crippen molar-refractivity contribution in [3.63, 3.8) is 0 Å². The fraction of sp³-hybridized carbons (Fsp3) is 0.480. The van der Waals surface area contributed by atoms with Gasteiger partial charge in [-0.3, -0.25) is 9.69 Å². The number of aromatic nitrogens is 4. The van der Waals surface area contributed by atoms with Crippen molar-refractivity contribution in [1.82, 2.24) is 29.5 Å². The minimum absolute atomic E-state index is 0.130. The van der Waals surface area contributed by atoms with Crippen molar-refractivity contribution >= 4 is 34.4 Å². The molecular formula is C25H29ClN8O2. The van der Waals surface area contributed by atoms with Gasteiger partial charge in [0.15, 0.2) is 5.65 Å². The Bertz CT molecular complexity index is 1390. The zero-order chi connectivity index (χ0) is 25.7. The van der Waals surface area contributed by atoms with Crippen LogP contribution in [0.3, 0.4) is 0 Å². The third kappa shape index (κ3) is 3.92. The van der Waals surface area contributed by atoms with Gasteiger partial charge in [0.05, 0.1) is 27.7 Å². The van der Waals surface area contributed by atoms with Gasteiger partial charge < -0.3 is 15.4 Å². The number of nitrogens with zero attached hydrogens (tertiary/aromatic N) is 7. The molecule has 0 bridgehead atoms. The van der Waals surface area contributed by atoms with Gasteiger partial charge in [0.1, 0.15) is 30.1 Å². The highest BCUT2D eigenvalue weighted by molar-refractivity contribution is 6.32. The molecule has 0 radical (unpaired) electrons. The summed E-state index contributed by atoms with van der Waals surface area (Å²) in [6.07, 6.45) is 1.80. The highest BCUT2D eigenvalue weighted by Gasteiger charge is 2.38. The number of nitrogen functional groups attached to an aromatic ring is 1. The molecule has 1 fully saturated rings. The van der Waals surface area contributed by atoms with Gasteiger partial charge >= 0.3 is 0 Å². The van der Waals surface area contributed by atoms with Gasteiger partial charge in [-0.1, -0.05) is 18.5 Å². The van der Waals surface area contributed by atoms with E-state index in [1.807, 2.05) is 32.6 Å². The van der Waals surface area contributed by atoms with Crippen LogP contribution < -0.4 is 10.5 Å². The molecule has 2 atom stereocenters. The number of benzene rings is 1. The third-order valence-electron chi connectivity index (χ3n) is 7.19. The van der Waals surface area contributed by atoms with E-state index in [4.69, 9.17) is 27.2 Å². The number of carbonyl (C=O) groups excluding carboxylic acids is 1. The van der Waals surface area contributed by atoms with Crippen LogP contribution in [0.25, 0.3) is 11.0 Å². The number of carbonyl (C=O) groups is 1. The van der Waals surface area contributed by atoms with E-state index < -0.39 is 0 Å². The van der Waals surface area contributed by atoms with Crippen molar-refractivity contribution in [3.05, 3.63) is 39.8 Å². The number of halogens is 1.